The molecule has 0 saturated carbocycles. The first-order valence-electron chi connectivity index (χ1n) is 8.60. The molecule has 1 aliphatic rings. The van der Waals surface area contributed by atoms with Crippen LogP contribution in [0.25, 0.3) is 6.08 Å². The van der Waals surface area contributed by atoms with Crippen molar-refractivity contribution >= 4 is 12.0 Å². The summed E-state index contributed by atoms with van der Waals surface area (Å²) < 4.78 is 0. The number of carbonyl (C=O) groups is 1. The molecule has 0 radical (unpaired) electrons. The summed E-state index contributed by atoms with van der Waals surface area (Å²) in [4.78, 5) is 16.7. The number of nitrogens with zero attached hydrogens (tertiary/aromatic N) is 2. The minimum absolute atomic E-state index is 0.110. The smallest absolute Gasteiger partial charge is 0.239 e. The second-order valence-electron chi connectivity index (χ2n) is 6.35. The molecule has 1 saturated heterocycles. The third kappa shape index (κ3) is 5.19. The van der Waals surface area contributed by atoms with Crippen molar-refractivity contribution < 1.29 is 4.79 Å². The largest absolute Gasteiger partial charge is 0.339 e. The summed E-state index contributed by atoms with van der Waals surface area (Å²) in [6.07, 6.45) is 5.28. The maximum absolute atomic E-state index is 12.4. The van der Waals surface area contributed by atoms with Gasteiger partial charge in [0.25, 0.3) is 0 Å². The maximum atomic E-state index is 12.4. The predicted octanol–water partition coefficient (Wildman–Crippen LogP) is 2.22. The number of rotatable bonds is 6. The number of amides is 1. The lowest BCUT2D eigenvalue weighted by molar-refractivity contribution is -0.135. The van der Waals surface area contributed by atoms with Crippen molar-refractivity contribution in [2.75, 3.05) is 32.7 Å². The fraction of sp³-hybridized carbons (Fsp3) is 0.526. The first kappa shape index (κ1) is 17.7. The zero-order valence-corrected chi connectivity index (χ0v) is 14.3. The molecule has 1 aromatic carbocycles. The first-order chi connectivity index (χ1) is 11.1. The van der Waals surface area contributed by atoms with Crippen LogP contribution in [0, 0.1) is 5.92 Å². The molecule has 4 heteroatoms. The van der Waals surface area contributed by atoms with E-state index >= 15 is 0 Å². The van der Waals surface area contributed by atoms with Crippen molar-refractivity contribution in [3.05, 3.63) is 42.0 Å². The average Bonchev–Trinajstić information content (AvgIpc) is 2.61. The summed E-state index contributed by atoms with van der Waals surface area (Å²) in [5.41, 5.74) is 7.29. The highest BCUT2D eigenvalue weighted by Gasteiger charge is 2.27. The molecule has 1 amide bonds. The van der Waals surface area contributed by atoms with Crippen LogP contribution in [0.3, 0.4) is 0 Å². The first-order valence-corrected chi connectivity index (χ1v) is 8.60. The van der Waals surface area contributed by atoms with Crippen LogP contribution >= 0.6 is 0 Å². The molecule has 0 unspecified atom stereocenters. The van der Waals surface area contributed by atoms with Crippen molar-refractivity contribution in [2.45, 2.75) is 26.3 Å². The van der Waals surface area contributed by atoms with Gasteiger partial charge in [-0.1, -0.05) is 62.8 Å². The zero-order chi connectivity index (χ0) is 16.7. The molecule has 126 valence electrons. The number of hydrogen-bond acceptors (Lipinski definition) is 3. The van der Waals surface area contributed by atoms with Gasteiger partial charge >= 0.3 is 0 Å². The fourth-order valence-electron chi connectivity index (χ4n) is 2.76. The summed E-state index contributed by atoms with van der Waals surface area (Å²) >= 11 is 0. The van der Waals surface area contributed by atoms with Crippen LogP contribution in [-0.2, 0) is 4.79 Å². The van der Waals surface area contributed by atoms with E-state index in [1.165, 1.54) is 5.56 Å². The van der Waals surface area contributed by atoms with Crippen molar-refractivity contribution in [3.63, 3.8) is 0 Å². The molecule has 1 fully saturated rings. The fourth-order valence-corrected chi connectivity index (χ4v) is 2.76. The Morgan fingerprint density at radius 1 is 1.22 bits per heavy atom. The van der Waals surface area contributed by atoms with E-state index < -0.39 is 0 Å². The Morgan fingerprint density at radius 2 is 1.87 bits per heavy atom. The monoisotopic (exact) mass is 315 g/mol. The molecule has 0 aromatic heterocycles. The van der Waals surface area contributed by atoms with E-state index in [1.807, 2.05) is 30.0 Å². The molecule has 0 aliphatic carbocycles. The maximum Gasteiger partial charge on any atom is 0.239 e. The van der Waals surface area contributed by atoms with Crippen molar-refractivity contribution in [1.82, 2.24) is 9.80 Å². The van der Waals surface area contributed by atoms with Crippen LogP contribution in [0.4, 0.5) is 0 Å². The number of nitrogens with two attached hydrogens (primary N) is 1. The van der Waals surface area contributed by atoms with Gasteiger partial charge in [-0.15, -0.1) is 0 Å². The van der Waals surface area contributed by atoms with Gasteiger partial charge in [-0.2, -0.15) is 0 Å². The van der Waals surface area contributed by atoms with Crippen LogP contribution in [0.1, 0.15) is 25.8 Å². The van der Waals surface area contributed by atoms with E-state index in [0.29, 0.717) is 0 Å². The summed E-state index contributed by atoms with van der Waals surface area (Å²) in [7, 11) is 0. The second kappa shape index (κ2) is 8.85. The molecule has 1 aromatic rings. The summed E-state index contributed by atoms with van der Waals surface area (Å²) in [5, 5.41) is 0. The lowest BCUT2D eigenvalue weighted by Crippen LogP contribution is -2.54. The average molecular weight is 315 g/mol. The molecule has 0 spiro atoms. The molecule has 1 heterocycles. The van der Waals surface area contributed by atoms with E-state index in [2.05, 4.69) is 36.1 Å². The molecule has 2 rings (SSSR count). The van der Waals surface area contributed by atoms with Gasteiger partial charge < -0.3 is 10.6 Å². The molecule has 23 heavy (non-hydrogen) atoms. The van der Waals surface area contributed by atoms with Crippen LogP contribution in [0.15, 0.2) is 36.4 Å². The van der Waals surface area contributed by atoms with Gasteiger partial charge in [-0.25, -0.2) is 0 Å². The van der Waals surface area contributed by atoms with Crippen LogP contribution < -0.4 is 5.73 Å². The third-order valence-electron chi connectivity index (χ3n) is 4.70. The van der Waals surface area contributed by atoms with Crippen molar-refractivity contribution in [1.29, 1.82) is 0 Å². The van der Waals surface area contributed by atoms with Crippen molar-refractivity contribution in [3.8, 4) is 0 Å². The second-order valence-corrected chi connectivity index (χ2v) is 6.35. The molecule has 2 atom stereocenters. The molecule has 1 aliphatic heterocycles. The third-order valence-corrected chi connectivity index (χ3v) is 4.70. The topological polar surface area (TPSA) is 49.6 Å². The Balaban J connectivity index is 1.75. The predicted molar refractivity (Wildman–Crippen MR) is 95.9 cm³/mol. The standard InChI is InChI=1S/C19H29N3O/c1-3-16(2)18(20)19(23)22-14-12-21(13-15-22)11-7-10-17-8-5-4-6-9-17/h4-10,16,18H,3,11-15,20H2,1-2H3/b10-7+/t16-,18+/m1/s1. The number of piperazine rings is 1. The van der Waals surface area contributed by atoms with Gasteiger partial charge in [0.05, 0.1) is 6.04 Å². The Kier molecular flexibility index (Phi) is 6.81. The zero-order valence-electron chi connectivity index (χ0n) is 14.3. The SMILES string of the molecule is CC[C@@H](C)[C@H](N)C(=O)N1CCN(C/C=C/c2ccccc2)CC1. The van der Waals surface area contributed by atoms with E-state index in [4.69, 9.17) is 5.73 Å². The molecule has 4 nitrogen and oxygen atoms in total. The van der Waals surface area contributed by atoms with Gasteiger partial charge in [-0.3, -0.25) is 9.69 Å². The Bertz CT molecular complexity index is 507. The highest BCUT2D eigenvalue weighted by atomic mass is 16.2. The summed E-state index contributed by atoms with van der Waals surface area (Å²) in [5.74, 6) is 0.355. The summed E-state index contributed by atoms with van der Waals surface area (Å²) in [6, 6.07) is 9.96. The Hall–Kier alpha value is -1.65. The molecule has 0 bridgehead atoms. The van der Waals surface area contributed by atoms with Gasteiger partial charge in [-0.05, 0) is 11.5 Å². The Labute approximate surface area is 140 Å². The minimum atomic E-state index is -0.357. The summed E-state index contributed by atoms with van der Waals surface area (Å²) in [6.45, 7) is 8.44. The van der Waals surface area contributed by atoms with Crippen LogP contribution in [-0.4, -0.2) is 54.5 Å². The number of hydrogen-bond donors (Lipinski definition) is 1. The minimum Gasteiger partial charge on any atom is -0.339 e. The lowest BCUT2D eigenvalue weighted by Gasteiger charge is -2.36. The van der Waals surface area contributed by atoms with E-state index in [1.54, 1.807) is 0 Å². The van der Waals surface area contributed by atoms with Gasteiger partial charge in [0.1, 0.15) is 0 Å². The normalized spacial score (nSPS) is 19.0. The number of carbonyl (C=O) groups excluding carboxylic acids is 1. The highest BCUT2D eigenvalue weighted by Crippen LogP contribution is 2.11. The van der Waals surface area contributed by atoms with Crippen LogP contribution in [0.5, 0.6) is 0 Å². The van der Waals surface area contributed by atoms with E-state index in [-0.39, 0.29) is 17.9 Å². The van der Waals surface area contributed by atoms with Gasteiger partial charge in [0.2, 0.25) is 5.91 Å². The van der Waals surface area contributed by atoms with Crippen molar-refractivity contribution in [2.24, 2.45) is 11.7 Å². The van der Waals surface area contributed by atoms with Gasteiger partial charge in [0, 0.05) is 32.7 Å². The number of benzene rings is 1. The van der Waals surface area contributed by atoms with E-state index in [9.17, 15) is 4.79 Å². The quantitative estimate of drug-likeness (QED) is 0.876. The van der Waals surface area contributed by atoms with Gasteiger partial charge in [0.15, 0.2) is 0 Å². The lowest BCUT2D eigenvalue weighted by atomic mass is 9.98. The Morgan fingerprint density at radius 3 is 2.48 bits per heavy atom. The molecular formula is C19H29N3O. The van der Waals surface area contributed by atoms with E-state index in [0.717, 1.165) is 39.1 Å². The molecular weight excluding hydrogens is 286 g/mol. The highest BCUT2D eigenvalue weighted by molar-refractivity contribution is 5.82. The van der Waals surface area contributed by atoms with Crippen LogP contribution in [0.2, 0.25) is 0 Å². The molecule has 2 N–H and O–H groups in total.